The zero-order valence-corrected chi connectivity index (χ0v) is 23.4. The predicted octanol–water partition coefficient (Wildman–Crippen LogP) is 8.18. The fraction of sp³-hybridized carbons (Fsp3) is 0.0968. The van der Waals surface area contributed by atoms with Crippen LogP contribution in [0.3, 0.4) is 0 Å². The summed E-state index contributed by atoms with van der Waals surface area (Å²) in [7, 11) is 0. The molecule has 0 aliphatic heterocycles. The molecule has 0 aliphatic rings. The summed E-state index contributed by atoms with van der Waals surface area (Å²) >= 11 is 0. The number of halogens is 6. The first kappa shape index (κ1) is 33.0. The average Bonchev–Trinajstić information content (AvgIpc) is 2.98. The van der Waals surface area contributed by atoms with Crippen molar-refractivity contribution in [2.45, 2.75) is 19.3 Å². The van der Waals surface area contributed by atoms with E-state index in [1.54, 1.807) is 6.07 Å². The minimum atomic E-state index is -4.71. The Labute approximate surface area is 255 Å². The smallest absolute Gasteiger partial charge is 0.416 e. The molecule has 0 saturated heterocycles. The predicted molar refractivity (Wildman–Crippen MR) is 155 cm³/mol. The van der Waals surface area contributed by atoms with Crippen LogP contribution in [0.4, 0.5) is 43.7 Å². The van der Waals surface area contributed by atoms with Crippen molar-refractivity contribution in [3.05, 3.63) is 113 Å². The molecular formula is C31H22F6N4O5. The molecule has 1 aromatic heterocycles. The van der Waals surface area contributed by atoms with E-state index in [9.17, 15) is 35.9 Å². The van der Waals surface area contributed by atoms with Crippen LogP contribution in [0, 0.1) is 6.92 Å². The number of ether oxygens (including phenoxy) is 1. The van der Waals surface area contributed by atoms with Gasteiger partial charge in [-0.25, -0.2) is 14.6 Å². The fourth-order valence-corrected chi connectivity index (χ4v) is 4.14. The highest BCUT2D eigenvalue weighted by atomic mass is 19.4. The second-order valence-electron chi connectivity index (χ2n) is 9.62. The Morgan fingerprint density at radius 2 is 1.37 bits per heavy atom. The van der Waals surface area contributed by atoms with Crippen molar-refractivity contribution >= 4 is 40.0 Å². The first-order chi connectivity index (χ1) is 21.5. The van der Waals surface area contributed by atoms with Gasteiger partial charge in [-0.2, -0.15) is 31.3 Å². The molecule has 46 heavy (non-hydrogen) atoms. The molecule has 5 N–H and O–H groups in total. The highest BCUT2D eigenvalue weighted by Gasteiger charge is 2.32. The van der Waals surface area contributed by atoms with Gasteiger partial charge in [-0.05, 0) is 60.3 Å². The van der Waals surface area contributed by atoms with E-state index in [2.05, 4.69) is 15.3 Å². The Morgan fingerprint density at radius 1 is 0.783 bits per heavy atom. The largest absolute Gasteiger partial charge is 0.478 e. The van der Waals surface area contributed by atoms with Gasteiger partial charge in [-0.1, -0.05) is 30.3 Å². The summed E-state index contributed by atoms with van der Waals surface area (Å²) in [6.07, 6.45) is -7.91. The standard InChI is InChI=1S/C23H16F3N3O3.C8H6F3NO2/c1-13-6-7-19(18-5-3-2-4-17(13)18)32-20-8-9-27-22(29-20)28-16-11-14(21(30)31)10-15(12-16)23(24,25)26;9-8(10,11)5-1-4(7(13)14)2-6(12)3-5/h2-12H,1H3,(H,30,31)(H,27,28,29);1-3H,12H2,(H,13,14). The highest BCUT2D eigenvalue weighted by Crippen LogP contribution is 2.34. The Bertz CT molecular complexity index is 1930. The van der Waals surface area contributed by atoms with Crippen molar-refractivity contribution in [1.82, 2.24) is 9.97 Å². The van der Waals surface area contributed by atoms with Crippen LogP contribution in [0.25, 0.3) is 10.8 Å². The number of nitrogen functional groups attached to an aromatic ring is 1. The summed E-state index contributed by atoms with van der Waals surface area (Å²) < 4.78 is 81.8. The van der Waals surface area contributed by atoms with Crippen LogP contribution >= 0.6 is 0 Å². The number of carboxylic acid groups (broad SMARTS) is 2. The SMILES string of the molecule is Cc1ccc(Oc2ccnc(Nc3cc(C(=O)O)cc(C(F)(F)F)c3)n2)c2ccccc12.Nc1cc(C(=O)O)cc(C(F)(F)F)c1. The number of anilines is 3. The molecule has 15 heteroatoms. The van der Waals surface area contributed by atoms with Crippen molar-refractivity contribution in [3.63, 3.8) is 0 Å². The Morgan fingerprint density at radius 3 is 1.98 bits per heavy atom. The Balaban J connectivity index is 0.000000288. The maximum absolute atomic E-state index is 13.1. The van der Waals surface area contributed by atoms with E-state index < -0.39 is 46.5 Å². The quantitative estimate of drug-likeness (QED) is 0.106. The number of benzene rings is 4. The minimum Gasteiger partial charge on any atom is -0.478 e. The van der Waals surface area contributed by atoms with E-state index in [0.29, 0.717) is 23.9 Å². The maximum Gasteiger partial charge on any atom is 0.416 e. The zero-order chi connectivity index (χ0) is 33.8. The second-order valence-corrected chi connectivity index (χ2v) is 9.62. The topological polar surface area (TPSA) is 148 Å². The summed E-state index contributed by atoms with van der Waals surface area (Å²) in [6, 6.07) is 17.5. The van der Waals surface area contributed by atoms with Crippen molar-refractivity contribution in [1.29, 1.82) is 0 Å². The van der Waals surface area contributed by atoms with Crippen LogP contribution < -0.4 is 15.8 Å². The van der Waals surface area contributed by atoms with E-state index in [4.69, 9.17) is 20.7 Å². The molecule has 9 nitrogen and oxygen atoms in total. The molecule has 238 valence electrons. The van der Waals surface area contributed by atoms with Crippen LogP contribution in [-0.4, -0.2) is 32.1 Å². The third-order valence-electron chi connectivity index (χ3n) is 6.24. The number of hydrogen-bond acceptors (Lipinski definition) is 7. The lowest BCUT2D eigenvalue weighted by atomic mass is 10.1. The van der Waals surface area contributed by atoms with E-state index in [-0.39, 0.29) is 23.2 Å². The van der Waals surface area contributed by atoms with Crippen LogP contribution in [0.15, 0.2) is 85.1 Å². The van der Waals surface area contributed by atoms with Gasteiger partial charge in [-0.3, -0.25) is 0 Å². The molecule has 0 atom stereocenters. The van der Waals surface area contributed by atoms with Crippen molar-refractivity contribution < 1.29 is 50.9 Å². The van der Waals surface area contributed by atoms with Crippen LogP contribution in [-0.2, 0) is 12.4 Å². The van der Waals surface area contributed by atoms with Crippen LogP contribution in [0.5, 0.6) is 11.6 Å². The number of nitrogens with two attached hydrogens (primary N) is 1. The summed E-state index contributed by atoms with van der Waals surface area (Å²) in [5.74, 6) is -2.24. The lowest BCUT2D eigenvalue weighted by Crippen LogP contribution is -2.09. The van der Waals surface area contributed by atoms with Gasteiger partial charge in [0.25, 0.3) is 0 Å². The number of aromatic carboxylic acids is 2. The van der Waals surface area contributed by atoms with Crippen molar-refractivity contribution in [2.24, 2.45) is 0 Å². The number of rotatable bonds is 6. The molecular weight excluding hydrogens is 622 g/mol. The molecule has 0 spiro atoms. The first-order valence-electron chi connectivity index (χ1n) is 12.9. The molecule has 0 fully saturated rings. The first-order valence-corrected chi connectivity index (χ1v) is 12.9. The number of nitrogens with one attached hydrogen (secondary N) is 1. The van der Waals surface area contributed by atoms with E-state index in [1.807, 2.05) is 37.3 Å². The zero-order valence-electron chi connectivity index (χ0n) is 23.4. The van der Waals surface area contributed by atoms with E-state index >= 15 is 0 Å². The summed E-state index contributed by atoms with van der Waals surface area (Å²) in [5, 5.41) is 22.1. The fourth-order valence-electron chi connectivity index (χ4n) is 4.14. The number of hydrogen-bond donors (Lipinski definition) is 4. The number of carbonyl (C=O) groups is 2. The summed E-state index contributed by atoms with van der Waals surface area (Å²) in [4.78, 5) is 29.8. The van der Waals surface area contributed by atoms with Gasteiger partial charge in [0.05, 0.1) is 22.3 Å². The normalized spacial score (nSPS) is 11.4. The van der Waals surface area contributed by atoms with Gasteiger partial charge < -0.3 is 26.0 Å². The molecule has 0 bridgehead atoms. The van der Waals surface area contributed by atoms with Gasteiger partial charge >= 0.3 is 24.3 Å². The van der Waals surface area contributed by atoms with Gasteiger partial charge in [0.15, 0.2) is 0 Å². The Kier molecular flexibility index (Phi) is 9.35. The van der Waals surface area contributed by atoms with Crippen molar-refractivity contribution in [2.75, 3.05) is 11.1 Å². The number of aromatic nitrogens is 2. The molecule has 0 saturated carbocycles. The van der Waals surface area contributed by atoms with Crippen molar-refractivity contribution in [3.8, 4) is 11.6 Å². The number of fused-ring (bicyclic) bond motifs is 1. The van der Waals surface area contributed by atoms with Gasteiger partial charge in [0.2, 0.25) is 11.8 Å². The third kappa shape index (κ3) is 8.19. The van der Waals surface area contributed by atoms with Gasteiger partial charge in [-0.15, -0.1) is 0 Å². The van der Waals surface area contributed by atoms with Crippen LogP contribution in [0.1, 0.15) is 37.4 Å². The molecule has 0 aliphatic carbocycles. The number of carboxylic acids is 2. The lowest BCUT2D eigenvalue weighted by molar-refractivity contribution is -0.138. The molecule has 0 unspecified atom stereocenters. The monoisotopic (exact) mass is 644 g/mol. The molecule has 5 rings (SSSR count). The number of nitrogens with zero attached hydrogens (tertiary/aromatic N) is 2. The van der Waals surface area contributed by atoms with E-state index in [0.717, 1.165) is 34.5 Å². The van der Waals surface area contributed by atoms with E-state index in [1.165, 1.54) is 12.3 Å². The number of aryl methyl sites for hydroxylation is 1. The molecule has 0 radical (unpaired) electrons. The summed E-state index contributed by atoms with van der Waals surface area (Å²) in [5.41, 5.74) is 2.72. The maximum atomic E-state index is 13.1. The molecule has 5 aromatic rings. The average molecular weight is 645 g/mol. The molecule has 1 heterocycles. The summed E-state index contributed by atoms with van der Waals surface area (Å²) in [6.45, 7) is 1.99. The molecule has 4 aromatic carbocycles. The lowest BCUT2D eigenvalue weighted by Gasteiger charge is -2.13. The Hall–Kier alpha value is -5.86. The third-order valence-corrected chi connectivity index (χ3v) is 6.24. The number of alkyl halides is 6. The second kappa shape index (κ2) is 13.0. The minimum absolute atomic E-state index is 0.0467. The highest BCUT2D eigenvalue weighted by molar-refractivity contribution is 5.91. The van der Waals surface area contributed by atoms with Crippen LogP contribution in [0.2, 0.25) is 0 Å². The van der Waals surface area contributed by atoms with Gasteiger partial charge in [0, 0.05) is 29.0 Å². The molecule has 0 amide bonds. The van der Waals surface area contributed by atoms with Gasteiger partial charge in [0.1, 0.15) is 5.75 Å².